The molecule has 0 unspecified atom stereocenters. The van der Waals surface area contributed by atoms with Gasteiger partial charge < -0.3 is 0 Å². The normalized spacial score (nSPS) is 14.2. The Kier molecular flexibility index (Phi) is 6.10. The Balaban J connectivity index is 1.71. The standard InChI is InChI=1S/C20H23N3O3S3/c1-29(25,26)21-12-7-13-27-20-22-18-17(15-10-5-6-11-16(15)28-18)19(24)23(20)14-8-3-2-4-9-14/h2-4,8-9,21H,5-7,10-13H2,1H3. The maximum atomic E-state index is 13.5. The summed E-state index contributed by atoms with van der Waals surface area (Å²) in [5.74, 6) is 0.665. The van der Waals surface area contributed by atoms with Crippen molar-refractivity contribution in [3.05, 3.63) is 51.1 Å². The molecule has 0 spiro atoms. The highest BCUT2D eigenvalue weighted by atomic mass is 32.2. The highest BCUT2D eigenvalue weighted by Crippen LogP contribution is 2.35. The van der Waals surface area contributed by atoms with E-state index in [1.54, 1.807) is 15.9 Å². The number of nitrogens with zero attached hydrogens (tertiary/aromatic N) is 2. The van der Waals surface area contributed by atoms with Crippen molar-refractivity contribution in [1.82, 2.24) is 14.3 Å². The molecular weight excluding hydrogens is 426 g/mol. The van der Waals surface area contributed by atoms with Crippen molar-refractivity contribution >= 4 is 43.3 Å². The van der Waals surface area contributed by atoms with Gasteiger partial charge in [0.05, 0.1) is 17.3 Å². The molecule has 4 rings (SSSR count). The van der Waals surface area contributed by atoms with Gasteiger partial charge in [0.1, 0.15) is 4.83 Å². The van der Waals surface area contributed by atoms with E-state index in [1.807, 2.05) is 30.3 Å². The third kappa shape index (κ3) is 4.58. The summed E-state index contributed by atoms with van der Waals surface area (Å²) in [4.78, 5) is 20.5. The number of fused-ring (bicyclic) bond motifs is 3. The molecule has 0 atom stereocenters. The number of aromatic nitrogens is 2. The minimum absolute atomic E-state index is 0.00244. The van der Waals surface area contributed by atoms with Crippen LogP contribution in [0.3, 0.4) is 0 Å². The molecule has 0 aliphatic heterocycles. The first-order valence-electron chi connectivity index (χ1n) is 9.64. The van der Waals surface area contributed by atoms with Crippen LogP contribution in [0.5, 0.6) is 0 Å². The summed E-state index contributed by atoms with van der Waals surface area (Å²) < 4.78 is 26.6. The van der Waals surface area contributed by atoms with Crippen molar-refractivity contribution in [3.63, 3.8) is 0 Å². The van der Waals surface area contributed by atoms with E-state index in [9.17, 15) is 13.2 Å². The van der Waals surface area contributed by atoms with Crippen LogP contribution in [0.2, 0.25) is 0 Å². The molecule has 0 fully saturated rings. The second kappa shape index (κ2) is 8.59. The van der Waals surface area contributed by atoms with E-state index in [4.69, 9.17) is 4.98 Å². The van der Waals surface area contributed by atoms with Crippen LogP contribution in [0, 0.1) is 0 Å². The van der Waals surface area contributed by atoms with Crippen molar-refractivity contribution < 1.29 is 8.42 Å². The van der Waals surface area contributed by atoms with Crippen LogP contribution in [0.4, 0.5) is 0 Å². The van der Waals surface area contributed by atoms with Crippen LogP contribution in [-0.4, -0.2) is 36.5 Å². The van der Waals surface area contributed by atoms with Crippen molar-refractivity contribution in [2.24, 2.45) is 0 Å². The van der Waals surface area contributed by atoms with Gasteiger partial charge in [0.25, 0.3) is 5.56 Å². The summed E-state index contributed by atoms with van der Waals surface area (Å²) >= 11 is 3.14. The minimum atomic E-state index is -3.19. The van der Waals surface area contributed by atoms with Gasteiger partial charge in [0, 0.05) is 17.2 Å². The average Bonchev–Trinajstić information content (AvgIpc) is 3.06. The number of aryl methyl sites for hydroxylation is 2. The fourth-order valence-corrected chi connectivity index (χ4v) is 6.35. The van der Waals surface area contributed by atoms with Gasteiger partial charge >= 0.3 is 0 Å². The van der Waals surface area contributed by atoms with E-state index in [0.29, 0.717) is 23.9 Å². The average molecular weight is 450 g/mol. The molecule has 0 radical (unpaired) electrons. The van der Waals surface area contributed by atoms with E-state index in [1.165, 1.54) is 28.6 Å². The van der Waals surface area contributed by atoms with Crippen LogP contribution in [0.1, 0.15) is 29.7 Å². The molecule has 0 saturated carbocycles. The molecule has 0 bridgehead atoms. The molecule has 9 heteroatoms. The molecule has 1 aromatic carbocycles. The van der Waals surface area contributed by atoms with Crippen molar-refractivity contribution in [3.8, 4) is 5.69 Å². The summed E-state index contributed by atoms with van der Waals surface area (Å²) in [5.41, 5.74) is 1.99. The highest BCUT2D eigenvalue weighted by Gasteiger charge is 2.22. The summed E-state index contributed by atoms with van der Waals surface area (Å²) in [7, 11) is -3.19. The van der Waals surface area contributed by atoms with Gasteiger partial charge in [0.2, 0.25) is 10.0 Å². The maximum absolute atomic E-state index is 13.5. The summed E-state index contributed by atoms with van der Waals surface area (Å²) in [6, 6.07) is 9.60. The number of hydrogen-bond acceptors (Lipinski definition) is 6. The Morgan fingerprint density at radius 3 is 2.72 bits per heavy atom. The van der Waals surface area contributed by atoms with Crippen LogP contribution < -0.4 is 10.3 Å². The first kappa shape index (κ1) is 20.6. The molecule has 29 heavy (non-hydrogen) atoms. The first-order valence-corrected chi connectivity index (χ1v) is 13.3. The third-order valence-corrected chi connectivity index (χ3v) is 7.83. The number of nitrogens with one attached hydrogen (secondary N) is 1. The zero-order valence-electron chi connectivity index (χ0n) is 16.2. The zero-order valence-corrected chi connectivity index (χ0v) is 18.6. The lowest BCUT2D eigenvalue weighted by Gasteiger charge is -2.13. The van der Waals surface area contributed by atoms with E-state index in [2.05, 4.69) is 4.72 Å². The smallest absolute Gasteiger partial charge is 0.267 e. The van der Waals surface area contributed by atoms with Crippen LogP contribution in [0.25, 0.3) is 15.9 Å². The Labute approximate surface area is 178 Å². The van der Waals surface area contributed by atoms with Gasteiger partial charge in [-0.1, -0.05) is 30.0 Å². The molecule has 1 aliphatic carbocycles. The highest BCUT2D eigenvalue weighted by molar-refractivity contribution is 7.99. The SMILES string of the molecule is CS(=O)(=O)NCCCSc1nc2sc3c(c2c(=O)n1-c1ccccc1)CCCC3. The Bertz CT molecular complexity index is 1180. The van der Waals surface area contributed by atoms with E-state index in [-0.39, 0.29) is 5.56 Å². The summed E-state index contributed by atoms with van der Waals surface area (Å²) in [6.45, 7) is 0.372. The molecule has 2 heterocycles. The molecule has 1 aliphatic rings. The number of sulfonamides is 1. The van der Waals surface area contributed by atoms with Gasteiger partial charge in [-0.15, -0.1) is 11.3 Å². The Hall–Kier alpha value is -1.68. The van der Waals surface area contributed by atoms with Gasteiger partial charge in [-0.25, -0.2) is 18.1 Å². The van der Waals surface area contributed by atoms with Crippen molar-refractivity contribution in [2.75, 3.05) is 18.6 Å². The second-order valence-electron chi connectivity index (χ2n) is 7.13. The summed E-state index contributed by atoms with van der Waals surface area (Å²) in [6.07, 6.45) is 6.07. The van der Waals surface area contributed by atoms with Gasteiger partial charge in [-0.05, 0) is 49.8 Å². The van der Waals surface area contributed by atoms with Gasteiger partial charge in [0.15, 0.2) is 5.16 Å². The lowest BCUT2D eigenvalue weighted by atomic mass is 9.97. The van der Waals surface area contributed by atoms with E-state index < -0.39 is 10.0 Å². The zero-order chi connectivity index (χ0) is 20.4. The predicted octanol–water partition coefficient (Wildman–Crippen LogP) is 3.36. The number of thioether (sulfide) groups is 1. The number of benzene rings is 1. The lowest BCUT2D eigenvalue weighted by Crippen LogP contribution is -2.24. The third-order valence-electron chi connectivity index (χ3n) is 4.89. The van der Waals surface area contributed by atoms with E-state index in [0.717, 1.165) is 41.4 Å². The molecule has 1 N–H and O–H groups in total. The molecule has 2 aromatic heterocycles. The second-order valence-corrected chi connectivity index (χ2v) is 11.1. The van der Waals surface area contributed by atoms with Crippen molar-refractivity contribution in [2.45, 2.75) is 37.3 Å². The number of hydrogen-bond donors (Lipinski definition) is 1. The quantitative estimate of drug-likeness (QED) is 0.340. The van der Waals surface area contributed by atoms with Crippen molar-refractivity contribution in [1.29, 1.82) is 0 Å². The van der Waals surface area contributed by atoms with Crippen LogP contribution >= 0.6 is 23.1 Å². The molecule has 0 amide bonds. The van der Waals surface area contributed by atoms with Gasteiger partial charge in [-0.3, -0.25) is 9.36 Å². The lowest BCUT2D eigenvalue weighted by molar-refractivity contribution is 0.587. The predicted molar refractivity (Wildman–Crippen MR) is 120 cm³/mol. The number of rotatable bonds is 7. The monoisotopic (exact) mass is 449 g/mol. The Morgan fingerprint density at radius 1 is 1.21 bits per heavy atom. The van der Waals surface area contributed by atoms with Crippen LogP contribution in [-0.2, 0) is 22.9 Å². The minimum Gasteiger partial charge on any atom is -0.268 e. The fourth-order valence-electron chi connectivity index (χ4n) is 3.58. The topological polar surface area (TPSA) is 81.1 Å². The molecular formula is C20H23N3O3S3. The van der Waals surface area contributed by atoms with Crippen LogP contribution in [0.15, 0.2) is 40.3 Å². The molecule has 6 nitrogen and oxygen atoms in total. The molecule has 0 saturated heterocycles. The molecule has 154 valence electrons. The Morgan fingerprint density at radius 2 is 1.97 bits per heavy atom. The first-order chi connectivity index (χ1) is 13.9. The number of para-hydroxylation sites is 1. The maximum Gasteiger partial charge on any atom is 0.267 e. The summed E-state index contributed by atoms with van der Waals surface area (Å²) in [5, 5.41) is 1.43. The van der Waals surface area contributed by atoms with E-state index >= 15 is 0 Å². The molecule has 3 aromatic rings. The largest absolute Gasteiger partial charge is 0.268 e. The number of thiophene rings is 1. The van der Waals surface area contributed by atoms with Gasteiger partial charge in [-0.2, -0.15) is 0 Å². The fraction of sp³-hybridized carbons (Fsp3) is 0.400.